The normalized spacial score (nSPS) is 11.9. The molecular weight excluding hydrogens is 306 g/mol. The molecule has 0 aliphatic heterocycles. The number of benzene rings is 1. The third-order valence-electron chi connectivity index (χ3n) is 2.51. The van der Waals surface area contributed by atoms with Gasteiger partial charge in [0.1, 0.15) is 0 Å². The number of anilines is 1. The third-order valence-corrected chi connectivity index (χ3v) is 4.12. The van der Waals surface area contributed by atoms with Gasteiger partial charge in [0, 0.05) is 41.0 Å². The van der Waals surface area contributed by atoms with E-state index in [2.05, 4.69) is 5.32 Å². The number of non-ortho nitro benzene ring substituents is 1. The Hall–Kier alpha value is -1.67. The SMILES string of the molecule is CCS(=O)CCNC(=O)c1cc([N+](=O)[O-])cc(Cl)c1N. The van der Waals surface area contributed by atoms with Gasteiger partial charge in [-0.15, -0.1) is 0 Å². The molecule has 1 unspecified atom stereocenters. The van der Waals surface area contributed by atoms with Gasteiger partial charge in [0.25, 0.3) is 11.6 Å². The number of rotatable bonds is 6. The number of carbonyl (C=O) groups excluding carboxylic acids is 1. The van der Waals surface area contributed by atoms with Crippen molar-refractivity contribution in [2.24, 2.45) is 0 Å². The van der Waals surface area contributed by atoms with Gasteiger partial charge in [-0.05, 0) is 0 Å². The van der Waals surface area contributed by atoms with Gasteiger partial charge in [-0.2, -0.15) is 0 Å². The molecule has 3 N–H and O–H groups in total. The minimum Gasteiger partial charge on any atom is -0.397 e. The highest BCUT2D eigenvalue weighted by atomic mass is 35.5. The molecular formula is C11H14ClN3O4S. The van der Waals surface area contributed by atoms with Crippen molar-refractivity contribution in [1.82, 2.24) is 5.32 Å². The maximum Gasteiger partial charge on any atom is 0.271 e. The van der Waals surface area contributed by atoms with E-state index in [1.807, 2.05) is 0 Å². The molecule has 0 aliphatic rings. The summed E-state index contributed by atoms with van der Waals surface area (Å²) in [6.07, 6.45) is 0. The molecule has 0 heterocycles. The van der Waals surface area contributed by atoms with E-state index in [4.69, 9.17) is 17.3 Å². The molecule has 0 aliphatic carbocycles. The Labute approximate surface area is 123 Å². The number of nitro groups is 1. The number of hydrogen-bond donors (Lipinski definition) is 2. The third kappa shape index (κ3) is 4.17. The number of nitrogen functional groups attached to an aromatic ring is 1. The van der Waals surface area contributed by atoms with Crippen LogP contribution in [0.4, 0.5) is 11.4 Å². The van der Waals surface area contributed by atoms with E-state index in [1.165, 1.54) is 0 Å². The first-order valence-electron chi connectivity index (χ1n) is 5.73. The standard InChI is InChI=1S/C11H14ClN3O4S/c1-2-20(19)4-3-14-11(16)8-5-7(15(17)18)6-9(12)10(8)13/h5-6H,2-4,13H2,1H3,(H,14,16). The van der Waals surface area contributed by atoms with Crippen LogP contribution < -0.4 is 11.1 Å². The number of nitro benzene ring substituents is 1. The van der Waals surface area contributed by atoms with E-state index >= 15 is 0 Å². The van der Waals surface area contributed by atoms with Crippen molar-refractivity contribution >= 4 is 39.7 Å². The van der Waals surface area contributed by atoms with E-state index in [9.17, 15) is 19.1 Å². The fourth-order valence-corrected chi connectivity index (χ4v) is 2.25. The predicted octanol–water partition coefficient (Wildman–Crippen LogP) is 1.33. The molecule has 20 heavy (non-hydrogen) atoms. The second-order valence-electron chi connectivity index (χ2n) is 3.83. The van der Waals surface area contributed by atoms with Crippen LogP contribution in [0.2, 0.25) is 5.02 Å². The lowest BCUT2D eigenvalue weighted by molar-refractivity contribution is -0.384. The van der Waals surface area contributed by atoms with Crippen molar-refractivity contribution in [1.29, 1.82) is 0 Å². The first-order chi connectivity index (χ1) is 9.36. The van der Waals surface area contributed by atoms with Gasteiger partial charge in [0.05, 0.1) is 21.2 Å². The van der Waals surface area contributed by atoms with Crippen LogP contribution in [-0.2, 0) is 10.8 Å². The molecule has 0 bridgehead atoms. The van der Waals surface area contributed by atoms with Crippen LogP contribution in [0.3, 0.4) is 0 Å². The number of amides is 1. The predicted molar refractivity (Wildman–Crippen MR) is 78.4 cm³/mol. The first kappa shape index (κ1) is 16.4. The van der Waals surface area contributed by atoms with E-state index < -0.39 is 21.6 Å². The fraction of sp³-hybridized carbons (Fsp3) is 0.364. The van der Waals surface area contributed by atoms with Gasteiger partial charge in [0.2, 0.25) is 0 Å². The molecule has 0 spiro atoms. The maximum absolute atomic E-state index is 11.9. The van der Waals surface area contributed by atoms with Crippen molar-refractivity contribution in [2.45, 2.75) is 6.92 Å². The highest BCUT2D eigenvalue weighted by molar-refractivity contribution is 7.84. The second-order valence-corrected chi connectivity index (χ2v) is 6.11. The Bertz CT molecular complexity index is 565. The van der Waals surface area contributed by atoms with E-state index in [1.54, 1.807) is 6.92 Å². The minimum absolute atomic E-state index is 0.0219. The molecule has 1 rings (SSSR count). The molecule has 7 nitrogen and oxygen atoms in total. The monoisotopic (exact) mass is 319 g/mol. The zero-order chi connectivity index (χ0) is 15.3. The molecule has 110 valence electrons. The van der Waals surface area contributed by atoms with Crippen LogP contribution in [0.1, 0.15) is 17.3 Å². The van der Waals surface area contributed by atoms with Gasteiger partial charge < -0.3 is 11.1 Å². The van der Waals surface area contributed by atoms with E-state index in [-0.39, 0.29) is 28.5 Å². The molecule has 1 aromatic carbocycles. The van der Waals surface area contributed by atoms with Crippen LogP contribution in [0.15, 0.2) is 12.1 Å². The highest BCUT2D eigenvalue weighted by Gasteiger charge is 2.18. The highest BCUT2D eigenvalue weighted by Crippen LogP contribution is 2.28. The number of nitrogens with two attached hydrogens (primary N) is 1. The number of carbonyl (C=O) groups is 1. The van der Waals surface area contributed by atoms with Crippen molar-refractivity contribution in [2.75, 3.05) is 23.8 Å². The van der Waals surface area contributed by atoms with Gasteiger partial charge in [-0.1, -0.05) is 18.5 Å². The van der Waals surface area contributed by atoms with Crippen LogP contribution >= 0.6 is 11.6 Å². The number of halogens is 1. The summed E-state index contributed by atoms with van der Waals surface area (Å²) in [7, 11) is -1.00. The molecule has 1 amide bonds. The smallest absolute Gasteiger partial charge is 0.271 e. The lowest BCUT2D eigenvalue weighted by atomic mass is 10.1. The molecule has 0 aromatic heterocycles. The zero-order valence-corrected chi connectivity index (χ0v) is 12.3. The summed E-state index contributed by atoms with van der Waals surface area (Å²) in [6, 6.07) is 2.15. The molecule has 0 saturated carbocycles. The summed E-state index contributed by atoms with van der Waals surface area (Å²) >= 11 is 5.76. The van der Waals surface area contributed by atoms with Crippen LogP contribution in [-0.4, -0.2) is 33.1 Å². The van der Waals surface area contributed by atoms with E-state index in [0.29, 0.717) is 11.5 Å². The van der Waals surface area contributed by atoms with Gasteiger partial charge in [-0.25, -0.2) is 0 Å². The van der Waals surface area contributed by atoms with Crippen LogP contribution in [0, 0.1) is 10.1 Å². The quantitative estimate of drug-likeness (QED) is 0.466. The Morgan fingerprint density at radius 3 is 2.75 bits per heavy atom. The average Bonchev–Trinajstić information content (AvgIpc) is 2.40. The Morgan fingerprint density at radius 2 is 2.20 bits per heavy atom. The maximum atomic E-state index is 11.9. The molecule has 9 heteroatoms. The summed E-state index contributed by atoms with van der Waals surface area (Å²) in [4.78, 5) is 21.9. The average molecular weight is 320 g/mol. The zero-order valence-electron chi connectivity index (χ0n) is 10.7. The first-order valence-corrected chi connectivity index (χ1v) is 7.60. The Morgan fingerprint density at radius 1 is 1.55 bits per heavy atom. The van der Waals surface area contributed by atoms with Crippen molar-refractivity contribution in [3.8, 4) is 0 Å². The molecule has 0 saturated heterocycles. The van der Waals surface area contributed by atoms with Crippen molar-refractivity contribution in [3.63, 3.8) is 0 Å². The van der Waals surface area contributed by atoms with Gasteiger partial charge >= 0.3 is 0 Å². The van der Waals surface area contributed by atoms with Crippen molar-refractivity contribution < 1.29 is 13.9 Å². The Balaban J connectivity index is 2.87. The van der Waals surface area contributed by atoms with Gasteiger partial charge in [0.15, 0.2) is 0 Å². The summed E-state index contributed by atoms with van der Waals surface area (Å²) in [5, 5.41) is 13.2. The van der Waals surface area contributed by atoms with Crippen molar-refractivity contribution in [3.05, 3.63) is 32.8 Å². The largest absolute Gasteiger partial charge is 0.397 e. The molecule has 0 fully saturated rings. The number of nitrogens with zero attached hydrogens (tertiary/aromatic N) is 1. The lowest BCUT2D eigenvalue weighted by Gasteiger charge is -2.08. The number of hydrogen-bond acceptors (Lipinski definition) is 5. The molecule has 0 radical (unpaired) electrons. The van der Waals surface area contributed by atoms with Gasteiger partial charge in [-0.3, -0.25) is 19.1 Å². The second kappa shape index (κ2) is 7.20. The number of nitrogens with one attached hydrogen (secondary N) is 1. The van der Waals surface area contributed by atoms with Crippen LogP contribution in [0.25, 0.3) is 0 Å². The fourth-order valence-electron chi connectivity index (χ4n) is 1.41. The lowest BCUT2D eigenvalue weighted by Crippen LogP contribution is -2.28. The topological polar surface area (TPSA) is 115 Å². The summed E-state index contributed by atoms with van der Waals surface area (Å²) in [5.74, 6) is 0.229. The van der Waals surface area contributed by atoms with E-state index in [0.717, 1.165) is 12.1 Å². The minimum atomic E-state index is -1.00. The van der Waals surface area contributed by atoms with Crippen LogP contribution in [0.5, 0.6) is 0 Å². The summed E-state index contributed by atoms with van der Waals surface area (Å²) in [6.45, 7) is 1.97. The summed E-state index contributed by atoms with van der Waals surface area (Å²) < 4.78 is 11.2. The summed E-state index contributed by atoms with van der Waals surface area (Å²) in [5.41, 5.74) is 5.24. The molecule has 1 aromatic rings. The Kier molecular flexibility index (Phi) is 5.90. The molecule has 1 atom stereocenters.